The first-order valence-electron chi connectivity index (χ1n) is 7.56. The molecule has 0 atom stereocenters. The molecule has 0 unspecified atom stereocenters. The molecule has 1 aromatic carbocycles. The second kappa shape index (κ2) is 8.67. The fourth-order valence-corrected chi connectivity index (χ4v) is 2.13. The van der Waals surface area contributed by atoms with Crippen LogP contribution < -0.4 is 11.1 Å². The molecule has 1 heterocycles. The first-order chi connectivity index (χ1) is 11.8. The number of nitrogens with zero attached hydrogens (tertiary/aromatic N) is 2. The van der Waals surface area contributed by atoms with Gasteiger partial charge >= 0.3 is 6.18 Å². The molecule has 10 heteroatoms. The third-order valence-corrected chi connectivity index (χ3v) is 3.36. The lowest BCUT2D eigenvalue weighted by Crippen LogP contribution is -2.41. The monoisotopic (exact) mass is 360 g/mol. The minimum atomic E-state index is -4.42. The van der Waals surface area contributed by atoms with Crippen molar-refractivity contribution in [2.45, 2.75) is 6.18 Å². The van der Waals surface area contributed by atoms with Crippen LogP contribution in [0.5, 0.6) is 0 Å². The van der Waals surface area contributed by atoms with Gasteiger partial charge in [-0.15, -0.1) is 0 Å². The number of rotatable bonds is 6. The van der Waals surface area contributed by atoms with E-state index in [1.807, 2.05) is 4.90 Å². The Bertz CT molecular complexity index is 599. The molecule has 138 valence electrons. The largest absolute Gasteiger partial charge is 0.416 e. The summed E-state index contributed by atoms with van der Waals surface area (Å²) in [6.45, 7) is 2.75. The molecule has 0 spiro atoms. The van der Waals surface area contributed by atoms with Crippen LogP contribution in [0.15, 0.2) is 29.4 Å². The average Bonchev–Trinajstić information content (AvgIpc) is 2.55. The molecule has 2 rings (SSSR count). The van der Waals surface area contributed by atoms with Crippen LogP contribution >= 0.6 is 0 Å². The van der Waals surface area contributed by atoms with Gasteiger partial charge in [0.05, 0.1) is 25.3 Å². The number of carbonyl (C=O) groups is 1. The summed E-state index contributed by atoms with van der Waals surface area (Å²) < 4.78 is 42.6. The average molecular weight is 360 g/mol. The van der Waals surface area contributed by atoms with Gasteiger partial charge in [-0.05, 0) is 24.3 Å². The highest BCUT2D eigenvalue weighted by atomic mass is 19.4. The van der Waals surface area contributed by atoms with E-state index in [0.717, 1.165) is 37.4 Å². The zero-order valence-corrected chi connectivity index (χ0v) is 13.4. The third kappa shape index (κ3) is 6.59. The number of hydrogen-bond donors (Lipinski definition) is 2. The van der Waals surface area contributed by atoms with Crippen molar-refractivity contribution in [1.82, 2.24) is 4.90 Å². The van der Waals surface area contributed by atoms with Crippen molar-refractivity contribution in [2.75, 3.05) is 44.8 Å². The smallest absolute Gasteiger partial charge is 0.384 e. The number of alkyl halides is 3. The van der Waals surface area contributed by atoms with Gasteiger partial charge in [0.25, 0.3) is 5.91 Å². The van der Waals surface area contributed by atoms with Crippen molar-refractivity contribution in [1.29, 1.82) is 0 Å². The minimum Gasteiger partial charge on any atom is -0.384 e. The Morgan fingerprint density at radius 3 is 2.52 bits per heavy atom. The number of ether oxygens (including phenoxy) is 1. The zero-order valence-electron chi connectivity index (χ0n) is 13.4. The molecule has 0 bridgehead atoms. The summed E-state index contributed by atoms with van der Waals surface area (Å²) in [5.41, 5.74) is 5.14. The van der Waals surface area contributed by atoms with Crippen molar-refractivity contribution in [2.24, 2.45) is 10.9 Å². The standard InChI is InChI=1S/C15H19F3N4O3/c16-15(17,18)11-1-3-12(4-2-11)20-14(23)10-25-21-13(19)9-22-5-7-24-8-6-22/h1-4H,5-10H2,(H2,19,21)(H,20,23). The highest BCUT2D eigenvalue weighted by molar-refractivity contribution is 5.91. The van der Waals surface area contributed by atoms with Gasteiger partial charge in [-0.2, -0.15) is 13.2 Å². The molecule has 1 aliphatic rings. The lowest BCUT2D eigenvalue weighted by molar-refractivity contribution is -0.137. The van der Waals surface area contributed by atoms with Gasteiger partial charge in [-0.1, -0.05) is 5.16 Å². The minimum absolute atomic E-state index is 0.226. The SMILES string of the molecule is NC(CN1CCOCC1)=NOCC(=O)Nc1ccc(C(F)(F)F)cc1. The molecule has 1 aliphatic heterocycles. The number of hydrogen-bond acceptors (Lipinski definition) is 5. The number of halogens is 3. The molecular weight excluding hydrogens is 341 g/mol. The zero-order chi connectivity index (χ0) is 18.3. The Morgan fingerprint density at radius 2 is 1.92 bits per heavy atom. The number of amidine groups is 1. The van der Waals surface area contributed by atoms with E-state index in [4.69, 9.17) is 15.3 Å². The van der Waals surface area contributed by atoms with Gasteiger partial charge in [-0.25, -0.2) is 0 Å². The molecule has 1 aromatic rings. The molecule has 25 heavy (non-hydrogen) atoms. The Hall–Kier alpha value is -2.33. The Kier molecular flexibility index (Phi) is 6.59. The van der Waals surface area contributed by atoms with Gasteiger partial charge in [0.1, 0.15) is 0 Å². The Labute approximate surface area is 142 Å². The Balaban J connectivity index is 1.73. The maximum absolute atomic E-state index is 12.4. The summed E-state index contributed by atoms with van der Waals surface area (Å²) in [5.74, 6) is -0.327. The van der Waals surface area contributed by atoms with E-state index in [9.17, 15) is 18.0 Å². The van der Waals surface area contributed by atoms with Gasteiger partial charge in [0, 0.05) is 18.8 Å². The summed E-state index contributed by atoms with van der Waals surface area (Å²) in [6.07, 6.45) is -4.42. The maximum Gasteiger partial charge on any atom is 0.416 e. The van der Waals surface area contributed by atoms with Gasteiger partial charge in [0.2, 0.25) is 0 Å². The number of nitrogens with one attached hydrogen (secondary N) is 1. The highest BCUT2D eigenvalue weighted by Crippen LogP contribution is 2.29. The van der Waals surface area contributed by atoms with Gasteiger partial charge < -0.3 is 20.6 Å². The van der Waals surface area contributed by atoms with Crippen LogP contribution in [0.4, 0.5) is 18.9 Å². The number of benzene rings is 1. The second-order valence-corrected chi connectivity index (χ2v) is 5.37. The molecule has 1 amide bonds. The van der Waals surface area contributed by atoms with Crippen LogP contribution in [-0.2, 0) is 20.5 Å². The number of nitrogens with two attached hydrogens (primary N) is 1. The summed E-state index contributed by atoms with van der Waals surface area (Å²) >= 11 is 0. The Morgan fingerprint density at radius 1 is 1.28 bits per heavy atom. The second-order valence-electron chi connectivity index (χ2n) is 5.37. The van der Waals surface area contributed by atoms with Crippen LogP contribution in [-0.4, -0.2) is 56.1 Å². The van der Waals surface area contributed by atoms with Gasteiger partial charge in [-0.3, -0.25) is 9.69 Å². The van der Waals surface area contributed by atoms with Crippen molar-refractivity contribution < 1.29 is 27.5 Å². The van der Waals surface area contributed by atoms with E-state index in [0.29, 0.717) is 19.8 Å². The fraction of sp³-hybridized carbons (Fsp3) is 0.467. The molecule has 0 radical (unpaired) electrons. The van der Waals surface area contributed by atoms with Crippen LogP contribution in [0.25, 0.3) is 0 Å². The normalized spacial score (nSPS) is 16.5. The quantitative estimate of drug-likeness (QED) is 0.453. The molecule has 0 aromatic heterocycles. The summed E-state index contributed by atoms with van der Waals surface area (Å²) in [7, 11) is 0. The number of oxime groups is 1. The molecule has 0 saturated carbocycles. The van der Waals surface area contributed by atoms with E-state index in [1.165, 1.54) is 0 Å². The number of amides is 1. The van der Waals surface area contributed by atoms with Crippen molar-refractivity contribution in [3.05, 3.63) is 29.8 Å². The third-order valence-electron chi connectivity index (χ3n) is 3.36. The van der Waals surface area contributed by atoms with Crippen molar-refractivity contribution in [3.8, 4) is 0 Å². The number of morpholine rings is 1. The fourth-order valence-electron chi connectivity index (χ4n) is 2.13. The highest BCUT2D eigenvalue weighted by Gasteiger charge is 2.29. The summed E-state index contributed by atoms with van der Waals surface area (Å²) in [5, 5.41) is 6.06. The van der Waals surface area contributed by atoms with E-state index < -0.39 is 24.3 Å². The first kappa shape index (κ1) is 19.0. The van der Waals surface area contributed by atoms with Crippen LogP contribution in [0.1, 0.15) is 5.56 Å². The predicted molar refractivity (Wildman–Crippen MR) is 84.9 cm³/mol. The number of anilines is 1. The van der Waals surface area contributed by atoms with E-state index in [2.05, 4.69) is 10.5 Å². The predicted octanol–water partition coefficient (Wildman–Crippen LogP) is 1.26. The number of carbonyl (C=O) groups excluding carboxylic acids is 1. The first-order valence-corrected chi connectivity index (χ1v) is 7.56. The molecule has 7 nitrogen and oxygen atoms in total. The van der Waals surface area contributed by atoms with Gasteiger partial charge in [0.15, 0.2) is 12.4 Å². The van der Waals surface area contributed by atoms with Crippen LogP contribution in [0.2, 0.25) is 0 Å². The molecular formula is C15H19F3N4O3. The lowest BCUT2D eigenvalue weighted by atomic mass is 10.2. The van der Waals surface area contributed by atoms with Crippen molar-refractivity contribution in [3.63, 3.8) is 0 Å². The van der Waals surface area contributed by atoms with E-state index in [1.54, 1.807) is 0 Å². The maximum atomic E-state index is 12.4. The molecule has 1 fully saturated rings. The van der Waals surface area contributed by atoms with Crippen LogP contribution in [0, 0.1) is 0 Å². The molecule has 3 N–H and O–H groups in total. The topological polar surface area (TPSA) is 89.2 Å². The van der Waals surface area contributed by atoms with E-state index >= 15 is 0 Å². The summed E-state index contributed by atoms with van der Waals surface area (Å²) in [4.78, 5) is 18.6. The molecule has 0 aliphatic carbocycles. The van der Waals surface area contributed by atoms with Crippen LogP contribution in [0.3, 0.4) is 0 Å². The van der Waals surface area contributed by atoms with E-state index in [-0.39, 0.29) is 11.5 Å². The molecule has 1 saturated heterocycles. The summed E-state index contributed by atoms with van der Waals surface area (Å²) in [6, 6.07) is 4.09. The van der Waals surface area contributed by atoms with Crippen molar-refractivity contribution >= 4 is 17.4 Å². The lowest BCUT2D eigenvalue weighted by Gasteiger charge is -2.25.